The van der Waals surface area contributed by atoms with Gasteiger partial charge < -0.3 is 9.30 Å². The van der Waals surface area contributed by atoms with Gasteiger partial charge in [0.05, 0.1) is 19.1 Å². The molecule has 2 aromatic heterocycles. The number of methoxy groups -OCH3 is 1. The second-order valence-electron chi connectivity index (χ2n) is 8.13. The number of hydrogen-bond donors (Lipinski definition) is 0. The van der Waals surface area contributed by atoms with Crippen LogP contribution in [0.2, 0.25) is 0 Å². The van der Waals surface area contributed by atoms with Crippen LogP contribution in [-0.4, -0.2) is 25.8 Å². The monoisotopic (exact) mass is 418 g/mol. The summed E-state index contributed by atoms with van der Waals surface area (Å²) in [5.74, 6) is 0.663. The van der Waals surface area contributed by atoms with Gasteiger partial charge >= 0.3 is 5.69 Å². The number of ether oxygens (including phenoxy) is 1. The number of nitrogens with zero attached hydrogens (tertiary/aromatic N) is 4. The van der Waals surface area contributed by atoms with Crippen molar-refractivity contribution < 1.29 is 4.74 Å². The molecule has 0 aliphatic rings. The van der Waals surface area contributed by atoms with Crippen LogP contribution in [0, 0.1) is 12.8 Å². The highest BCUT2D eigenvalue weighted by molar-refractivity contribution is 5.73. The lowest BCUT2D eigenvalue weighted by Gasteiger charge is -2.15. The van der Waals surface area contributed by atoms with E-state index in [0.29, 0.717) is 35.7 Å². The molecule has 0 atom stereocenters. The Morgan fingerprint density at radius 2 is 1.74 bits per heavy atom. The molecule has 0 aliphatic carbocycles. The van der Waals surface area contributed by atoms with Gasteiger partial charge in [-0.1, -0.05) is 55.8 Å². The van der Waals surface area contributed by atoms with Gasteiger partial charge in [0, 0.05) is 13.1 Å². The first kappa shape index (κ1) is 20.7. The number of fused-ring (bicyclic) bond motifs is 1. The third-order valence-electron chi connectivity index (χ3n) is 5.25. The summed E-state index contributed by atoms with van der Waals surface area (Å²) in [6, 6.07) is 15.4. The van der Waals surface area contributed by atoms with Gasteiger partial charge in [0.1, 0.15) is 5.75 Å². The van der Waals surface area contributed by atoms with Crippen molar-refractivity contribution >= 4 is 11.2 Å². The molecule has 0 radical (unpaired) electrons. The summed E-state index contributed by atoms with van der Waals surface area (Å²) >= 11 is 0. The minimum Gasteiger partial charge on any atom is -0.495 e. The van der Waals surface area contributed by atoms with E-state index in [-0.39, 0.29) is 11.5 Å². The van der Waals surface area contributed by atoms with Crippen LogP contribution in [0.4, 0.5) is 0 Å². The lowest BCUT2D eigenvalue weighted by atomic mass is 10.1. The van der Waals surface area contributed by atoms with Crippen molar-refractivity contribution in [2.45, 2.75) is 33.9 Å². The van der Waals surface area contributed by atoms with Crippen molar-refractivity contribution in [3.8, 4) is 11.4 Å². The molecule has 160 valence electrons. The summed E-state index contributed by atoms with van der Waals surface area (Å²) in [6.45, 7) is 6.80. The molecular formula is C24H26N4O3. The number of aromatic nitrogens is 4. The van der Waals surface area contributed by atoms with E-state index in [1.54, 1.807) is 25.6 Å². The fourth-order valence-corrected chi connectivity index (χ4v) is 3.75. The Hall–Kier alpha value is -3.61. The lowest BCUT2D eigenvalue weighted by Crippen LogP contribution is -2.41. The smallest absolute Gasteiger partial charge is 0.337 e. The normalized spacial score (nSPS) is 11.4. The maximum absolute atomic E-state index is 13.4. The Morgan fingerprint density at radius 3 is 2.42 bits per heavy atom. The zero-order valence-electron chi connectivity index (χ0n) is 18.2. The highest BCUT2D eigenvalue weighted by Crippen LogP contribution is 2.23. The molecular weight excluding hydrogens is 392 g/mol. The standard InChI is InChI=1S/C24H26N4O3/c1-16(2)13-27-23(29)21-22(25-15-26(21)14-18-11-9-17(3)10-12-18)28(24(27)30)19-7-5-6-8-20(19)31-4/h5-12,15-16H,13-14H2,1-4H3. The summed E-state index contributed by atoms with van der Waals surface area (Å²) < 4.78 is 10.1. The first-order valence-electron chi connectivity index (χ1n) is 10.3. The number of rotatable bonds is 6. The van der Waals surface area contributed by atoms with Crippen molar-refractivity contribution in [3.05, 3.63) is 86.8 Å². The number of benzene rings is 2. The molecule has 7 nitrogen and oxygen atoms in total. The molecule has 7 heteroatoms. The first-order valence-corrected chi connectivity index (χ1v) is 10.3. The molecule has 0 N–H and O–H groups in total. The Morgan fingerprint density at radius 1 is 1.03 bits per heavy atom. The molecule has 0 saturated heterocycles. The number of hydrogen-bond acceptors (Lipinski definition) is 4. The number of imidazole rings is 1. The predicted molar refractivity (Wildman–Crippen MR) is 121 cm³/mol. The molecule has 31 heavy (non-hydrogen) atoms. The summed E-state index contributed by atoms with van der Waals surface area (Å²) in [5, 5.41) is 0. The maximum Gasteiger partial charge on any atom is 0.337 e. The fraction of sp³-hybridized carbons (Fsp3) is 0.292. The molecule has 0 saturated carbocycles. The third-order valence-corrected chi connectivity index (χ3v) is 5.25. The molecule has 0 amide bonds. The van der Waals surface area contributed by atoms with E-state index in [4.69, 9.17) is 4.74 Å². The number of aryl methyl sites for hydroxylation is 1. The minimum absolute atomic E-state index is 0.127. The van der Waals surface area contributed by atoms with E-state index in [1.165, 1.54) is 14.7 Å². The van der Waals surface area contributed by atoms with Crippen LogP contribution in [0.25, 0.3) is 16.9 Å². The van der Waals surface area contributed by atoms with Crippen LogP contribution >= 0.6 is 0 Å². The highest BCUT2D eigenvalue weighted by Gasteiger charge is 2.21. The molecule has 0 aliphatic heterocycles. The van der Waals surface area contributed by atoms with Gasteiger partial charge in [-0.3, -0.25) is 9.36 Å². The largest absolute Gasteiger partial charge is 0.495 e. The van der Waals surface area contributed by atoms with Crippen LogP contribution in [0.3, 0.4) is 0 Å². The summed E-state index contributed by atoms with van der Waals surface area (Å²) in [4.78, 5) is 31.3. The van der Waals surface area contributed by atoms with Crippen LogP contribution < -0.4 is 16.0 Å². The summed E-state index contributed by atoms with van der Waals surface area (Å²) in [6.07, 6.45) is 1.62. The fourth-order valence-electron chi connectivity index (χ4n) is 3.75. The van der Waals surface area contributed by atoms with Crippen LogP contribution in [0.1, 0.15) is 25.0 Å². The van der Waals surface area contributed by atoms with Crippen molar-refractivity contribution in [3.63, 3.8) is 0 Å². The molecule has 2 aromatic carbocycles. The van der Waals surface area contributed by atoms with Gasteiger partial charge in [0.2, 0.25) is 0 Å². The van der Waals surface area contributed by atoms with Gasteiger partial charge in [0.25, 0.3) is 5.56 Å². The van der Waals surface area contributed by atoms with E-state index in [1.807, 2.05) is 61.7 Å². The van der Waals surface area contributed by atoms with Crippen molar-refractivity contribution in [2.75, 3.05) is 7.11 Å². The van der Waals surface area contributed by atoms with E-state index in [0.717, 1.165) is 5.56 Å². The lowest BCUT2D eigenvalue weighted by molar-refractivity contribution is 0.411. The maximum atomic E-state index is 13.4. The van der Waals surface area contributed by atoms with Gasteiger partial charge in [-0.05, 0) is 30.5 Å². The van der Waals surface area contributed by atoms with E-state index in [9.17, 15) is 9.59 Å². The average Bonchev–Trinajstić information content (AvgIpc) is 3.16. The zero-order chi connectivity index (χ0) is 22.1. The Bertz CT molecular complexity index is 1340. The van der Waals surface area contributed by atoms with Crippen LogP contribution in [0.5, 0.6) is 5.75 Å². The van der Waals surface area contributed by atoms with Gasteiger partial charge in [-0.15, -0.1) is 0 Å². The van der Waals surface area contributed by atoms with Gasteiger partial charge in [0.15, 0.2) is 11.2 Å². The quantitative estimate of drug-likeness (QED) is 0.481. The molecule has 0 bridgehead atoms. The molecule has 4 rings (SSSR count). The zero-order valence-corrected chi connectivity index (χ0v) is 18.2. The SMILES string of the molecule is COc1ccccc1-n1c(=O)n(CC(C)C)c(=O)c2c1ncn2Cc1ccc(C)cc1. The molecule has 0 unspecified atom stereocenters. The predicted octanol–water partition coefficient (Wildman–Crippen LogP) is 3.37. The molecule has 0 spiro atoms. The Labute approximate surface area is 180 Å². The second-order valence-corrected chi connectivity index (χ2v) is 8.13. The molecule has 0 fully saturated rings. The van der Waals surface area contributed by atoms with Crippen molar-refractivity contribution in [1.82, 2.24) is 18.7 Å². The Balaban J connectivity index is 2.01. The van der Waals surface area contributed by atoms with Crippen LogP contribution in [-0.2, 0) is 13.1 Å². The van der Waals surface area contributed by atoms with E-state index >= 15 is 0 Å². The summed E-state index contributed by atoms with van der Waals surface area (Å²) in [5.41, 5.74) is 2.75. The van der Waals surface area contributed by atoms with Crippen molar-refractivity contribution in [1.29, 1.82) is 0 Å². The van der Waals surface area contributed by atoms with Gasteiger partial charge in [-0.2, -0.15) is 0 Å². The van der Waals surface area contributed by atoms with Crippen molar-refractivity contribution in [2.24, 2.45) is 5.92 Å². The highest BCUT2D eigenvalue weighted by atomic mass is 16.5. The van der Waals surface area contributed by atoms with E-state index < -0.39 is 5.69 Å². The topological polar surface area (TPSA) is 71.1 Å². The van der Waals surface area contributed by atoms with E-state index in [2.05, 4.69) is 4.98 Å². The van der Waals surface area contributed by atoms with Crippen LogP contribution in [0.15, 0.2) is 64.4 Å². The number of para-hydroxylation sites is 2. The minimum atomic E-state index is -0.420. The summed E-state index contributed by atoms with van der Waals surface area (Å²) in [7, 11) is 1.56. The second kappa shape index (κ2) is 8.26. The first-order chi connectivity index (χ1) is 14.9. The Kier molecular flexibility index (Phi) is 5.50. The molecule has 2 heterocycles. The molecule has 4 aromatic rings. The third kappa shape index (κ3) is 3.79. The average molecular weight is 418 g/mol. The van der Waals surface area contributed by atoms with Gasteiger partial charge in [-0.25, -0.2) is 14.3 Å².